The van der Waals surface area contributed by atoms with E-state index < -0.39 is 0 Å². The van der Waals surface area contributed by atoms with Crippen LogP contribution < -0.4 is 10.6 Å². The first kappa shape index (κ1) is 24.6. The minimum Gasteiger partial charge on any atom is -0.382 e. The fraction of sp³-hybridized carbons (Fsp3) is 0.722. The maximum atomic E-state index is 5.50. The lowest BCUT2D eigenvalue weighted by atomic mass is 10.2. The molecule has 2 N–H and O–H groups in total. The van der Waals surface area contributed by atoms with E-state index in [9.17, 15) is 0 Å². The van der Waals surface area contributed by atoms with E-state index in [1.807, 2.05) is 0 Å². The van der Waals surface area contributed by atoms with E-state index in [0.717, 1.165) is 58.4 Å². The number of morpholine rings is 1. The molecule has 0 amide bonds. The molecule has 1 atom stereocenters. The summed E-state index contributed by atoms with van der Waals surface area (Å²) in [7, 11) is 3.49. The first-order valence-corrected chi connectivity index (χ1v) is 10.1. The predicted molar refractivity (Wildman–Crippen MR) is 122 cm³/mol. The van der Waals surface area contributed by atoms with Gasteiger partial charge in [-0.25, -0.2) is 0 Å². The summed E-state index contributed by atoms with van der Waals surface area (Å²) in [6.07, 6.45) is 0.933. The lowest BCUT2D eigenvalue weighted by Gasteiger charge is -2.34. The maximum absolute atomic E-state index is 5.50. The van der Waals surface area contributed by atoms with E-state index in [1.165, 1.54) is 4.88 Å². The van der Waals surface area contributed by atoms with Crippen LogP contribution in [0.15, 0.2) is 22.5 Å². The molecule has 1 fully saturated rings. The third kappa shape index (κ3) is 9.53. The van der Waals surface area contributed by atoms with E-state index in [4.69, 9.17) is 14.2 Å². The second-order valence-corrected chi connectivity index (χ2v) is 7.00. The number of ether oxygens (including phenoxy) is 3. The summed E-state index contributed by atoms with van der Waals surface area (Å²) < 4.78 is 15.9. The number of hydrogen-bond donors (Lipinski definition) is 2. The molecule has 0 saturated carbocycles. The average Bonchev–Trinajstić information content (AvgIpc) is 3.21. The molecule has 0 radical (unpaired) electrons. The number of nitrogens with zero attached hydrogens (tertiary/aromatic N) is 2. The lowest BCUT2D eigenvalue weighted by molar-refractivity contribution is 0.0177. The van der Waals surface area contributed by atoms with Crippen molar-refractivity contribution in [2.45, 2.75) is 12.5 Å². The Bertz CT molecular complexity index is 499. The van der Waals surface area contributed by atoms with Gasteiger partial charge in [-0.15, -0.1) is 35.3 Å². The minimum atomic E-state index is 0. The number of thiophene rings is 1. The van der Waals surface area contributed by atoms with Crippen LogP contribution in [0, 0.1) is 0 Å². The van der Waals surface area contributed by atoms with Gasteiger partial charge in [0.1, 0.15) is 0 Å². The topological polar surface area (TPSA) is 67.4 Å². The van der Waals surface area contributed by atoms with Gasteiger partial charge in [-0.05, 0) is 17.9 Å². The monoisotopic (exact) mass is 512 g/mol. The molecule has 1 aromatic rings. The Kier molecular flexibility index (Phi) is 14.1. The molecule has 9 heteroatoms. The Labute approximate surface area is 183 Å². The Hall–Kier alpha value is -0.460. The maximum Gasteiger partial charge on any atom is 0.191 e. The number of methoxy groups -OCH3 is 1. The molecule has 1 saturated heterocycles. The van der Waals surface area contributed by atoms with Gasteiger partial charge in [0.15, 0.2) is 5.96 Å². The van der Waals surface area contributed by atoms with Gasteiger partial charge in [0.05, 0.1) is 32.5 Å². The summed E-state index contributed by atoms with van der Waals surface area (Å²) >= 11 is 1.81. The molecule has 2 rings (SSSR count). The molecule has 27 heavy (non-hydrogen) atoms. The van der Waals surface area contributed by atoms with Crippen LogP contribution in [-0.4, -0.2) is 84.2 Å². The van der Waals surface area contributed by atoms with Crippen molar-refractivity contribution in [1.29, 1.82) is 0 Å². The zero-order valence-electron chi connectivity index (χ0n) is 16.3. The summed E-state index contributed by atoms with van der Waals surface area (Å²) in [5, 5.41) is 8.96. The zero-order chi connectivity index (χ0) is 18.5. The normalized spacial score (nSPS) is 16.6. The van der Waals surface area contributed by atoms with Crippen molar-refractivity contribution in [3.63, 3.8) is 0 Å². The Morgan fingerprint density at radius 2 is 2.11 bits per heavy atom. The van der Waals surface area contributed by atoms with Crippen molar-refractivity contribution in [3.8, 4) is 0 Å². The molecular formula is C18H33IN4O3S. The average molecular weight is 512 g/mol. The first-order valence-electron chi connectivity index (χ1n) is 9.21. The molecule has 1 unspecified atom stereocenters. The molecular weight excluding hydrogens is 479 g/mol. The van der Waals surface area contributed by atoms with Crippen LogP contribution >= 0.6 is 35.3 Å². The Morgan fingerprint density at radius 3 is 2.78 bits per heavy atom. The smallest absolute Gasteiger partial charge is 0.191 e. The fourth-order valence-corrected chi connectivity index (χ4v) is 3.68. The van der Waals surface area contributed by atoms with Crippen LogP contribution in [-0.2, 0) is 14.2 Å². The van der Waals surface area contributed by atoms with E-state index in [-0.39, 0.29) is 24.0 Å². The Balaban J connectivity index is 0.00000364. The van der Waals surface area contributed by atoms with Crippen LogP contribution in [0.5, 0.6) is 0 Å². The third-order valence-corrected chi connectivity index (χ3v) is 5.21. The number of rotatable bonds is 11. The number of nitrogens with one attached hydrogen (secondary N) is 2. The van der Waals surface area contributed by atoms with E-state index >= 15 is 0 Å². The van der Waals surface area contributed by atoms with Crippen molar-refractivity contribution in [2.24, 2.45) is 4.99 Å². The summed E-state index contributed by atoms with van der Waals surface area (Å²) in [6, 6.07) is 4.67. The van der Waals surface area contributed by atoms with Crippen molar-refractivity contribution in [2.75, 3.05) is 73.4 Å². The van der Waals surface area contributed by atoms with Gasteiger partial charge < -0.3 is 24.8 Å². The van der Waals surface area contributed by atoms with Crippen molar-refractivity contribution in [1.82, 2.24) is 15.5 Å². The molecule has 0 bridgehead atoms. The highest BCUT2D eigenvalue weighted by molar-refractivity contribution is 14.0. The molecule has 0 aliphatic carbocycles. The summed E-state index contributed by atoms with van der Waals surface area (Å²) in [5.74, 6) is 0.830. The lowest BCUT2D eigenvalue weighted by Crippen LogP contribution is -2.46. The van der Waals surface area contributed by atoms with Gasteiger partial charge in [-0.1, -0.05) is 6.07 Å². The SMILES string of the molecule is CN=C(NCCCOCCOC)NCC(c1cccs1)N1CCOCC1.I. The summed E-state index contributed by atoms with van der Waals surface area (Å²) in [5.41, 5.74) is 0. The molecule has 1 aliphatic heterocycles. The quantitative estimate of drug-likeness (QED) is 0.205. The molecule has 2 heterocycles. The highest BCUT2D eigenvalue weighted by atomic mass is 127. The Morgan fingerprint density at radius 1 is 1.30 bits per heavy atom. The predicted octanol–water partition coefficient (Wildman–Crippen LogP) is 1.96. The first-order chi connectivity index (χ1) is 12.8. The van der Waals surface area contributed by atoms with Gasteiger partial charge in [0, 0.05) is 51.8 Å². The van der Waals surface area contributed by atoms with E-state index in [0.29, 0.717) is 19.3 Å². The van der Waals surface area contributed by atoms with Crippen LogP contribution in [0.25, 0.3) is 0 Å². The summed E-state index contributed by atoms with van der Waals surface area (Å²) in [6.45, 7) is 7.20. The molecule has 1 aromatic heterocycles. The van der Waals surface area contributed by atoms with Gasteiger partial charge in [0.2, 0.25) is 0 Å². The minimum absolute atomic E-state index is 0. The fourth-order valence-electron chi connectivity index (χ4n) is 2.82. The van der Waals surface area contributed by atoms with Gasteiger partial charge >= 0.3 is 0 Å². The number of guanidine groups is 1. The van der Waals surface area contributed by atoms with Crippen molar-refractivity contribution in [3.05, 3.63) is 22.4 Å². The largest absolute Gasteiger partial charge is 0.382 e. The van der Waals surface area contributed by atoms with Crippen LogP contribution in [0.1, 0.15) is 17.3 Å². The van der Waals surface area contributed by atoms with Crippen molar-refractivity contribution < 1.29 is 14.2 Å². The second-order valence-electron chi connectivity index (χ2n) is 6.02. The molecule has 0 aromatic carbocycles. The highest BCUT2D eigenvalue weighted by Gasteiger charge is 2.23. The molecule has 0 spiro atoms. The molecule has 156 valence electrons. The van der Waals surface area contributed by atoms with Gasteiger partial charge in [-0.3, -0.25) is 9.89 Å². The summed E-state index contributed by atoms with van der Waals surface area (Å²) in [4.78, 5) is 8.19. The number of aliphatic imine (C=N–C) groups is 1. The van der Waals surface area contributed by atoms with Crippen LogP contribution in [0.4, 0.5) is 0 Å². The molecule has 1 aliphatic rings. The van der Waals surface area contributed by atoms with Crippen molar-refractivity contribution >= 4 is 41.3 Å². The van der Waals surface area contributed by atoms with Gasteiger partial charge in [-0.2, -0.15) is 0 Å². The second kappa shape index (κ2) is 15.5. The van der Waals surface area contributed by atoms with Gasteiger partial charge in [0.25, 0.3) is 0 Å². The molecule has 7 nitrogen and oxygen atoms in total. The van der Waals surface area contributed by atoms with Crippen LogP contribution in [0.3, 0.4) is 0 Å². The van der Waals surface area contributed by atoms with E-state index in [2.05, 4.69) is 38.0 Å². The highest BCUT2D eigenvalue weighted by Crippen LogP contribution is 2.25. The number of halogens is 1. The standard InChI is InChI=1S/C18H32N4O3S.HI/c1-19-18(20-6-4-9-24-13-12-23-2)21-15-16(17-5-3-14-26-17)22-7-10-25-11-8-22;/h3,5,14,16H,4,6-13,15H2,1-2H3,(H2,19,20,21);1H. The van der Waals surface area contributed by atoms with E-state index in [1.54, 1.807) is 25.5 Å². The van der Waals surface area contributed by atoms with Crippen LogP contribution in [0.2, 0.25) is 0 Å². The number of hydrogen-bond acceptors (Lipinski definition) is 6. The zero-order valence-corrected chi connectivity index (χ0v) is 19.5. The third-order valence-electron chi connectivity index (χ3n) is 4.23.